The van der Waals surface area contributed by atoms with Gasteiger partial charge in [-0.15, -0.1) is 0 Å². The summed E-state index contributed by atoms with van der Waals surface area (Å²) in [6, 6.07) is 11.9. The fourth-order valence-corrected chi connectivity index (χ4v) is 3.31. The molecule has 2 aromatic rings. The number of aliphatic hydroxyl groups is 1. The van der Waals surface area contributed by atoms with Crippen LogP contribution >= 0.6 is 0 Å². The first-order valence-corrected chi connectivity index (χ1v) is 9.15. The SMILES string of the molecule is Cc1ccc(N2C(=O)C(O)=C(C(=O)C(C)(C)C)[C@H]2c2ccc([N+](=O)[O-])cc2)cc1. The number of ketones is 1. The van der Waals surface area contributed by atoms with Gasteiger partial charge < -0.3 is 5.11 Å². The van der Waals surface area contributed by atoms with Gasteiger partial charge in [0.1, 0.15) is 0 Å². The first kappa shape index (κ1) is 20.3. The summed E-state index contributed by atoms with van der Waals surface area (Å²) in [5.74, 6) is -1.63. The molecule has 0 fully saturated rings. The van der Waals surface area contributed by atoms with Gasteiger partial charge >= 0.3 is 0 Å². The highest BCUT2D eigenvalue weighted by atomic mass is 16.6. The second-order valence-electron chi connectivity index (χ2n) is 8.10. The number of anilines is 1. The number of nitrogens with zero attached hydrogens (tertiary/aromatic N) is 2. The molecule has 1 aliphatic rings. The molecule has 29 heavy (non-hydrogen) atoms. The van der Waals surface area contributed by atoms with Crippen molar-refractivity contribution in [2.75, 3.05) is 4.90 Å². The number of carbonyl (C=O) groups excluding carboxylic acids is 2. The van der Waals surface area contributed by atoms with Gasteiger partial charge in [-0.2, -0.15) is 0 Å². The van der Waals surface area contributed by atoms with Gasteiger partial charge in [-0.3, -0.25) is 24.6 Å². The minimum Gasteiger partial charge on any atom is -0.503 e. The van der Waals surface area contributed by atoms with E-state index in [1.165, 1.54) is 29.2 Å². The van der Waals surface area contributed by atoms with E-state index in [1.54, 1.807) is 32.9 Å². The molecule has 2 aromatic carbocycles. The van der Waals surface area contributed by atoms with Gasteiger partial charge in [0, 0.05) is 23.2 Å². The van der Waals surface area contributed by atoms with Gasteiger partial charge in [0.25, 0.3) is 11.6 Å². The average molecular weight is 394 g/mol. The molecule has 0 bridgehead atoms. The lowest BCUT2D eigenvalue weighted by atomic mass is 9.82. The highest BCUT2D eigenvalue weighted by molar-refractivity contribution is 6.17. The smallest absolute Gasteiger partial charge is 0.294 e. The molecule has 0 unspecified atom stereocenters. The standard InChI is InChI=1S/C22H22N2O5/c1-13-5-9-15(10-6-13)23-18(14-7-11-16(12-8-14)24(28)29)17(19(25)21(23)27)20(26)22(2,3)4/h5-12,18,25H,1-4H3/t18-/m1/s1. The normalized spacial score (nSPS) is 17.0. The predicted octanol–water partition coefficient (Wildman–Crippen LogP) is 4.42. The average Bonchev–Trinajstić information content (AvgIpc) is 2.92. The largest absolute Gasteiger partial charge is 0.503 e. The van der Waals surface area contributed by atoms with Gasteiger partial charge in [0.2, 0.25) is 0 Å². The minimum atomic E-state index is -0.877. The second kappa shape index (κ2) is 7.16. The van der Waals surface area contributed by atoms with E-state index < -0.39 is 28.0 Å². The van der Waals surface area contributed by atoms with Gasteiger partial charge in [-0.1, -0.05) is 38.5 Å². The third-order valence-electron chi connectivity index (χ3n) is 4.87. The van der Waals surface area contributed by atoms with Gasteiger partial charge in [-0.05, 0) is 36.8 Å². The number of nitro benzene ring substituents is 1. The van der Waals surface area contributed by atoms with Crippen molar-refractivity contribution in [3.63, 3.8) is 0 Å². The Bertz CT molecular complexity index is 1010. The molecule has 0 aliphatic carbocycles. The van der Waals surface area contributed by atoms with E-state index in [9.17, 15) is 24.8 Å². The van der Waals surface area contributed by atoms with E-state index in [0.29, 0.717) is 11.3 Å². The minimum absolute atomic E-state index is 0.00284. The predicted molar refractivity (Wildman–Crippen MR) is 109 cm³/mol. The van der Waals surface area contributed by atoms with Crippen LogP contribution in [0.15, 0.2) is 59.9 Å². The van der Waals surface area contributed by atoms with Crippen LogP contribution in [0.2, 0.25) is 0 Å². The number of hydrogen-bond acceptors (Lipinski definition) is 5. The van der Waals surface area contributed by atoms with Crippen LogP contribution in [0.5, 0.6) is 0 Å². The Morgan fingerprint density at radius 3 is 2.10 bits per heavy atom. The Hall–Kier alpha value is -3.48. The summed E-state index contributed by atoms with van der Waals surface area (Å²) in [4.78, 5) is 37.9. The van der Waals surface area contributed by atoms with Crippen LogP contribution in [-0.4, -0.2) is 21.7 Å². The molecule has 7 heteroatoms. The summed E-state index contributed by atoms with van der Waals surface area (Å²) in [5.41, 5.74) is 1.09. The zero-order valence-electron chi connectivity index (χ0n) is 16.7. The number of aliphatic hydroxyl groups excluding tert-OH is 1. The fraction of sp³-hybridized carbons (Fsp3) is 0.273. The molecule has 0 aromatic heterocycles. The summed E-state index contributed by atoms with van der Waals surface area (Å²) < 4.78 is 0. The Balaban J connectivity index is 2.18. The van der Waals surface area contributed by atoms with Crippen molar-refractivity contribution < 1.29 is 19.6 Å². The lowest BCUT2D eigenvalue weighted by molar-refractivity contribution is -0.384. The molecule has 1 N–H and O–H groups in total. The summed E-state index contributed by atoms with van der Waals surface area (Å²) in [5, 5.41) is 21.6. The van der Waals surface area contributed by atoms with E-state index in [0.717, 1.165) is 5.56 Å². The zero-order valence-corrected chi connectivity index (χ0v) is 16.7. The maximum atomic E-state index is 13.1. The van der Waals surface area contributed by atoms with Crippen LogP contribution in [0.3, 0.4) is 0 Å². The Morgan fingerprint density at radius 2 is 1.62 bits per heavy atom. The first-order valence-electron chi connectivity index (χ1n) is 9.15. The van der Waals surface area contributed by atoms with Crippen LogP contribution in [0.4, 0.5) is 11.4 Å². The van der Waals surface area contributed by atoms with E-state index in [2.05, 4.69) is 0 Å². The Kier molecular flexibility index (Phi) is 5.00. The molecule has 0 saturated heterocycles. The third kappa shape index (κ3) is 3.63. The molecule has 1 amide bonds. The Labute approximate surface area is 168 Å². The number of amides is 1. The van der Waals surface area contributed by atoms with E-state index in [-0.39, 0.29) is 17.0 Å². The van der Waals surface area contributed by atoms with Crippen LogP contribution in [0.25, 0.3) is 0 Å². The molecule has 1 aliphatic heterocycles. The van der Waals surface area contributed by atoms with Crippen molar-refractivity contribution >= 4 is 23.1 Å². The van der Waals surface area contributed by atoms with E-state index in [4.69, 9.17) is 0 Å². The van der Waals surface area contributed by atoms with E-state index in [1.807, 2.05) is 19.1 Å². The number of rotatable bonds is 4. The quantitative estimate of drug-likeness (QED) is 0.611. The molecule has 1 atom stereocenters. The van der Waals surface area contributed by atoms with Gasteiger partial charge in [-0.25, -0.2) is 0 Å². The lowest BCUT2D eigenvalue weighted by Gasteiger charge is -2.29. The third-order valence-corrected chi connectivity index (χ3v) is 4.87. The lowest BCUT2D eigenvalue weighted by Crippen LogP contribution is -2.32. The van der Waals surface area contributed by atoms with Crippen molar-refractivity contribution in [1.29, 1.82) is 0 Å². The maximum absolute atomic E-state index is 13.1. The number of Topliss-reactive ketones (excluding diaryl/α,β-unsaturated/α-hetero) is 1. The van der Waals surface area contributed by atoms with Crippen molar-refractivity contribution in [2.45, 2.75) is 33.7 Å². The molecular weight excluding hydrogens is 372 g/mol. The number of nitro groups is 1. The van der Waals surface area contributed by atoms with Crippen LogP contribution in [0, 0.1) is 22.5 Å². The Morgan fingerprint density at radius 1 is 1.07 bits per heavy atom. The number of non-ortho nitro benzene ring substituents is 1. The van der Waals surface area contributed by atoms with Gasteiger partial charge in [0.15, 0.2) is 11.5 Å². The van der Waals surface area contributed by atoms with Crippen molar-refractivity contribution in [3.05, 3.63) is 81.1 Å². The molecule has 0 radical (unpaired) electrons. The maximum Gasteiger partial charge on any atom is 0.294 e. The summed E-state index contributed by atoms with van der Waals surface area (Å²) in [6.07, 6.45) is 0. The highest BCUT2D eigenvalue weighted by Gasteiger charge is 2.46. The topological polar surface area (TPSA) is 101 Å². The molecule has 1 heterocycles. The van der Waals surface area contributed by atoms with Crippen molar-refractivity contribution in [2.24, 2.45) is 5.41 Å². The van der Waals surface area contributed by atoms with Gasteiger partial charge in [0.05, 0.1) is 16.5 Å². The molecule has 7 nitrogen and oxygen atoms in total. The summed E-state index contributed by atoms with van der Waals surface area (Å²) in [7, 11) is 0. The first-order chi connectivity index (χ1) is 13.5. The number of benzene rings is 2. The number of aryl methyl sites for hydroxylation is 1. The fourth-order valence-electron chi connectivity index (χ4n) is 3.31. The zero-order chi connectivity index (χ0) is 21.5. The molecule has 0 spiro atoms. The van der Waals surface area contributed by atoms with E-state index >= 15 is 0 Å². The molecule has 150 valence electrons. The second-order valence-corrected chi connectivity index (χ2v) is 8.10. The molecule has 3 rings (SSSR count). The molecular formula is C22H22N2O5. The summed E-state index contributed by atoms with van der Waals surface area (Å²) in [6.45, 7) is 7.04. The van der Waals surface area contributed by atoms with Crippen molar-refractivity contribution in [1.82, 2.24) is 0 Å². The number of hydrogen-bond donors (Lipinski definition) is 1. The highest BCUT2D eigenvalue weighted by Crippen LogP contribution is 2.43. The van der Waals surface area contributed by atoms with Crippen LogP contribution in [-0.2, 0) is 9.59 Å². The van der Waals surface area contributed by atoms with Crippen molar-refractivity contribution in [3.8, 4) is 0 Å². The van der Waals surface area contributed by atoms with Crippen LogP contribution in [0.1, 0.15) is 37.9 Å². The number of carbonyl (C=O) groups is 2. The molecule has 0 saturated carbocycles. The monoisotopic (exact) mass is 394 g/mol. The van der Waals surface area contributed by atoms with Crippen LogP contribution < -0.4 is 4.90 Å². The summed E-state index contributed by atoms with van der Waals surface area (Å²) >= 11 is 0.